The van der Waals surface area contributed by atoms with Crippen molar-refractivity contribution in [3.63, 3.8) is 0 Å². The fourth-order valence-electron chi connectivity index (χ4n) is 1.05. The SMILES string of the molecule is CCCCOCC1C=CC=C1. The second-order valence-corrected chi connectivity index (χ2v) is 2.86. The molecular weight excluding hydrogens is 136 g/mol. The molecule has 0 amide bonds. The maximum absolute atomic E-state index is 5.46. The topological polar surface area (TPSA) is 9.23 Å². The van der Waals surface area contributed by atoms with Crippen LogP contribution in [0.5, 0.6) is 0 Å². The Morgan fingerprint density at radius 2 is 2.00 bits per heavy atom. The normalized spacial score (nSPS) is 16.5. The number of rotatable bonds is 5. The van der Waals surface area contributed by atoms with Crippen molar-refractivity contribution < 1.29 is 4.74 Å². The molecule has 0 radical (unpaired) electrons. The second kappa shape index (κ2) is 5.14. The Hall–Kier alpha value is -0.560. The van der Waals surface area contributed by atoms with Crippen LogP contribution in [0, 0.1) is 5.92 Å². The summed E-state index contributed by atoms with van der Waals surface area (Å²) in [7, 11) is 0. The number of ether oxygens (including phenoxy) is 1. The Morgan fingerprint density at radius 3 is 2.64 bits per heavy atom. The predicted octanol–water partition coefficient (Wildman–Crippen LogP) is 2.55. The summed E-state index contributed by atoms with van der Waals surface area (Å²) >= 11 is 0. The molecule has 1 aliphatic rings. The third-order valence-corrected chi connectivity index (χ3v) is 1.78. The molecule has 0 saturated heterocycles. The highest BCUT2D eigenvalue weighted by Crippen LogP contribution is 2.08. The third kappa shape index (κ3) is 3.38. The number of hydrogen-bond donors (Lipinski definition) is 0. The van der Waals surface area contributed by atoms with Crippen molar-refractivity contribution in [1.82, 2.24) is 0 Å². The summed E-state index contributed by atoms with van der Waals surface area (Å²) in [5, 5.41) is 0. The second-order valence-electron chi connectivity index (χ2n) is 2.86. The van der Waals surface area contributed by atoms with Gasteiger partial charge in [0.2, 0.25) is 0 Å². The molecule has 0 N–H and O–H groups in total. The van der Waals surface area contributed by atoms with Crippen LogP contribution in [0.3, 0.4) is 0 Å². The predicted molar refractivity (Wildman–Crippen MR) is 47.5 cm³/mol. The van der Waals surface area contributed by atoms with Gasteiger partial charge in [-0.05, 0) is 6.42 Å². The van der Waals surface area contributed by atoms with Crippen molar-refractivity contribution in [2.24, 2.45) is 5.92 Å². The largest absolute Gasteiger partial charge is 0.381 e. The van der Waals surface area contributed by atoms with E-state index in [2.05, 4.69) is 31.2 Å². The highest BCUT2D eigenvalue weighted by atomic mass is 16.5. The van der Waals surface area contributed by atoms with E-state index in [9.17, 15) is 0 Å². The highest BCUT2D eigenvalue weighted by molar-refractivity contribution is 5.17. The summed E-state index contributed by atoms with van der Waals surface area (Å²) in [5.74, 6) is 0.534. The highest BCUT2D eigenvalue weighted by Gasteiger charge is 2.01. The number of allylic oxidation sites excluding steroid dienone is 2. The van der Waals surface area contributed by atoms with Gasteiger partial charge in [0.05, 0.1) is 6.61 Å². The van der Waals surface area contributed by atoms with Gasteiger partial charge in [-0.3, -0.25) is 0 Å². The summed E-state index contributed by atoms with van der Waals surface area (Å²) in [6.07, 6.45) is 10.9. The van der Waals surface area contributed by atoms with Crippen LogP contribution >= 0.6 is 0 Å². The Balaban J connectivity index is 1.95. The zero-order valence-corrected chi connectivity index (χ0v) is 7.12. The standard InChI is InChI=1S/C10H16O/c1-2-3-8-11-9-10-6-4-5-7-10/h4-7,10H,2-3,8-9H2,1H3. The maximum Gasteiger partial charge on any atom is 0.0563 e. The molecule has 1 aliphatic carbocycles. The molecule has 1 nitrogen and oxygen atoms in total. The van der Waals surface area contributed by atoms with E-state index in [0.717, 1.165) is 13.2 Å². The molecule has 62 valence electrons. The first-order chi connectivity index (χ1) is 5.43. The molecule has 1 rings (SSSR count). The first-order valence-corrected chi connectivity index (χ1v) is 4.36. The maximum atomic E-state index is 5.46. The van der Waals surface area contributed by atoms with E-state index in [4.69, 9.17) is 4.74 Å². The van der Waals surface area contributed by atoms with Crippen LogP contribution in [0.2, 0.25) is 0 Å². The molecule has 0 atom stereocenters. The molecular formula is C10H16O. The van der Waals surface area contributed by atoms with Crippen LogP contribution in [0.4, 0.5) is 0 Å². The number of unbranched alkanes of at least 4 members (excludes halogenated alkanes) is 1. The summed E-state index contributed by atoms with van der Waals surface area (Å²) in [5.41, 5.74) is 0. The van der Waals surface area contributed by atoms with Gasteiger partial charge in [-0.1, -0.05) is 37.6 Å². The Bertz CT molecular complexity index is 135. The molecule has 0 unspecified atom stereocenters. The summed E-state index contributed by atoms with van der Waals surface area (Å²) in [6, 6.07) is 0. The van der Waals surface area contributed by atoms with Gasteiger partial charge in [0.25, 0.3) is 0 Å². The fraction of sp³-hybridized carbons (Fsp3) is 0.600. The number of hydrogen-bond acceptors (Lipinski definition) is 1. The molecule has 11 heavy (non-hydrogen) atoms. The monoisotopic (exact) mass is 152 g/mol. The lowest BCUT2D eigenvalue weighted by atomic mass is 10.2. The molecule has 0 spiro atoms. The molecule has 0 fully saturated rings. The van der Waals surface area contributed by atoms with E-state index in [1.165, 1.54) is 12.8 Å². The first-order valence-electron chi connectivity index (χ1n) is 4.36. The Labute approximate surface area is 68.8 Å². The summed E-state index contributed by atoms with van der Waals surface area (Å²) < 4.78 is 5.46. The summed E-state index contributed by atoms with van der Waals surface area (Å²) in [6.45, 7) is 3.94. The van der Waals surface area contributed by atoms with Crippen LogP contribution in [0.1, 0.15) is 19.8 Å². The van der Waals surface area contributed by atoms with Crippen LogP contribution < -0.4 is 0 Å². The molecule has 0 aliphatic heterocycles. The van der Waals surface area contributed by atoms with Crippen molar-refractivity contribution in [3.05, 3.63) is 24.3 Å². The first kappa shape index (κ1) is 8.54. The van der Waals surface area contributed by atoms with E-state index in [-0.39, 0.29) is 0 Å². The molecule has 0 aromatic heterocycles. The minimum absolute atomic E-state index is 0.534. The molecule has 1 heteroatoms. The average molecular weight is 152 g/mol. The smallest absolute Gasteiger partial charge is 0.0563 e. The fourth-order valence-corrected chi connectivity index (χ4v) is 1.05. The van der Waals surface area contributed by atoms with Gasteiger partial charge in [-0.15, -0.1) is 0 Å². The van der Waals surface area contributed by atoms with E-state index in [1.807, 2.05) is 0 Å². The van der Waals surface area contributed by atoms with E-state index in [0.29, 0.717) is 5.92 Å². The van der Waals surface area contributed by atoms with Crippen LogP contribution in [0.25, 0.3) is 0 Å². The van der Waals surface area contributed by atoms with Gasteiger partial charge in [-0.2, -0.15) is 0 Å². The van der Waals surface area contributed by atoms with Crippen LogP contribution in [-0.4, -0.2) is 13.2 Å². The van der Waals surface area contributed by atoms with Crippen LogP contribution in [-0.2, 0) is 4.74 Å². The lowest BCUT2D eigenvalue weighted by molar-refractivity contribution is 0.121. The van der Waals surface area contributed by atoms with Crippen LogP contribution in [0.15, 0.2) is 24.3 Å². The van der Waals surface area contributed by atoms with Crippen molar-refractivity contribution in [3.8, 4) is 0 Å². The van der Waals surface area contributed by atoms with Gasteiger partial charge in [0.15, 0.2) is 0 Å². The van der Waals surface area contributed by atoms with E-state index >= 15 is 0 Å². The summed E-state index contributed by atoms with van der Waals surface area (Å²) in [4.78, 5) is 0. The lowest BCUT2D eigenvalue weighted by Crippen LogP contribution is -2.03. The van der Waals surface area contributed by atoms with Crippen molar-refractivity contribution in [2.45, 2.75) is 19.8 Å². The van der Waals surface area contributed by atoms with Crippen molar-refractivity contribution in [1.29, 1.82) is 0 Å². The van der Waals surface area contributed by atoms with Gasteiger partial charge in [-0.25, -0.2) is 0 Å². The van der Waals surface area contributed by atoms with Gasteiger partial charge in [0.1, 0.15) is 0 Å². The van der Waals surface area contributed by atoms with E-state index in [1.54, 1.807) is 0 Å². The quantitative estimate of drug-likeness (QED) is 0.550. The molecule has 0 heterocycles. The molecule has 0 aromatic carbocycles. The van der Waals surface area contributed by atoms with Gasteiger partial charge >= 0.3 is 0 Å². The minimum Gasteiger partial charge on any atom is -0.381 e. The minimum atomic E-state index is 0.534. The van der Waals surface area contributed by atoms with Crippen molar-refractivity contribution in [2.75, 3.05) is 13.2 Å². The van der Waals surface area contributed by atoms with Gasteiger partial charge in [0, 0.05) is 12.5 Å². The lowest BCUT2D eigenvalue weighted by Gasteiger charge is -2.05. The molecule has 0 aromatic rings. The van der Waals surface area contributed by atoms with E-state index < -0.39 is 0 Å². The van der Waals surface area contributed by atoms with Crippen molar-refractivity contribution >= 4 is 0 Å². The zero-order valence-electron chi connectivity index (χ0n) is 7.12. The van der Waals surface area contributed by atoms with Gasteiger partial charge < -0.3 is 4.74 Å². The zero-order chi connectivity index (χ0) is 7.94. The Kier molecular flexibility index (Phi) is 3.99. The molecule has 0 saturated carbocycles. The third-order valence-electron chi connectivity index (χ3n) is 1.78. The Morgan fingerprint density at radius 1 is 1.27 bits per heavy atom. The average Bonchev–Trinajstić information content (AvgIpc) is 2.50. The molecule has 0 bridgehead atoms.